The molecule has 12 heavy (non-hydrogen) atoms. The first-order chi connectivity index (χ1) is 5.66. The van der Waals surface area contributed by atoms with Crippen LogP contribution in [0.25, 0.3) is 0 Å². The zero-order valence-electron chi connectivity index (χ0n) is 5.88. The van der Waals surface area contributed by atoms with Gasteiger partial charge in [0.25, 0.3) is 0 Å². The molecule has 1 aromatic rings. The van der Waals surface area contributed by atoms with Crippen molar-refractivity contribution >= 4 is 34.4 Å². The Morgan fingerprint density at radius 1 is 1.25 bits per heavy atom. The van der Waals surface area contributed by atoms with Crippen molar-refractivity contribution in [2.24, 2.45) is 0 Å². The Balaban J connectivity index is 2.52. The maximum absolute atomic E-state index is 11.1. The molecule has 0 saturated carbocycles. The molecule has 0 spiro atoms. The van der Waals surface area contributed by atoms with Gasteiger partial charge in [0, 0.05) is 0 Å². The minimum atomic E-state index is -0.883. The molecule has 0 aromatic carbocycles. The number of rotatable bonds is 0. The topological polar surface area (TPSA) is 48.8 Å². The molecule has 0 aliphatic carbocycles. The third-order valence-electron chi connectivity index (χ3n) is 1.62. The molecule has 1 aliphatic rings. The van der Waals surface area contributed by atoms with Crippen molar-refractivity contribution < 1.29 is 4.55 Å². The third-order valence-corrected chi connectivity index (χ3v) is 3.31. The van der Waals surface area contributed by atoms with Gasteiger partial charge >= 0.3 is 0 Å². The molecule has 1 aromatic heterocycles. The molecule has 1 aliphatic heterocycles. The van der Waals surface area contributed by atoms with Gasteiger partial charge in [0.05, 0.1) is 5.56 Å². The third kappa shape index (κ3) is 1.40. The second-order valence-corrected chi connectivity index (χ2v) is 4.59. The highest BCUT2D eigenvalue weighted by molar-refractivity contribution is 7.90. The zero-order chi connectivity index (χ0) is 8.72. The van der Waals surface area contributed by atoms with E-state index < -0.39 is 11.2 Å². The Morgan fingerprint density at radius 2 is 2.00 bits per heavy atom. The van der Waals surface area contributed by atoms with E-state index in [1.54, 1.807) is 0 Å². The molecule has 2 rings (SSSR count). The van der Waals surface area contributed by atoms with Crippen molar-refractivity contribution in [1.29, 1.82) is 0 Å². The van der Waals surface area contributed by atoms with Crippen molar-refractivity contribution in [2.75, 3.05) is 0 Å². The van der Waals surface area contributed by atoms with Crippen LogP contribution in [0.3, 0.4) is 0 Å². The van der Waals surface area contributed by atoms with Crippen LogP contribution in [0, 0.1) is 0 Å². The van der Waals surface area contributed by atoms with Crippen molar-refractivity contribution in [3.05, 3.63) is 21.7 Å². The molecule has 0 amide bonds. The van der Waals surface area contributed by atoms with Gasteiger partial charge in [0.15, 0.2) is 0 Å². The first-order valence-corrected chi connectivity index (χ1v) is 5.47. The second kappa shape index (κ2) is 3.03. The molecule has 0 radical (unpaired) electrons. The minimum Gasteiger partial charge on any atom is -0.616 e. The van der Waals surface area contributed by atoms with E-state index in [-0.39, 0.29) is 5.28 Å². The normalized spacial score (nSPS) is 21.1. The predicted molar refractivity (Wildman–Crippen MR) is 47.6 cm³/mol. The monoisotopic (exact) mass is 222 g/mol. The van der Waals surface area contributed by atoms with Crippen LogP contribution in [-0.2, 0) is 22.7 Å². The summed E-state index contributed by atoms with van der Waals surface area (Å²) >= 11 is 10.5. The summed E-state index contributed by atoms with van der Waals surface area (Å²) in [4.78, 5) is 7.71. The first-order valence-electron chi connectivity index (χ1n) is 3.22. The van der Waals surface area contributed by atoms with E-state index >= 15 is 0 Å². The van der Waals surface area contributed by atoms with Crippen molar-refractivity contribution in [2.45, 2.75) is 11.5 Å². The lowest BCUT2D eigenvalue weighted by Crippen LogP contribution is -1.96. The van der Waals surface area contributed by atoms with Gasteiger partial charge in [-0.2, -0.15) is 0 Å². The quantitative estimate of drug-likeness (QED) is 0.381. The van der Waals surface area contributed by atoms with E-state index in [4.69, 9.17) is 23.2 Å². The van der Waals surface area contributed by atoms with Crippen LogP contribution in [0.15, 0.2) is 0 Å². The lowest BCUT2D eigenvalue weighted by atomic mass is 10.3. The number of fused-ring (bicyclic) bond motifs is 1. The van der Waals surface area contributed by atoms with E-state index in [1.165, 1.54) is 0 Å². The Labute approximate surface area is 82.3 Å². The molecule has 0 N–H and O–H groups in total. The minimum absolute atomic E-state index is 0.123. The summed E-state index contributed by atoms with van der Waals surface area (Å²) in [6.07, 6.45) is 0. The maximum Gasteiger partial charge on any atom is 0.224 e. The Hall–Kier alpha value is -0.0300. The summed E-state index contributed by atoms with van der Waals surface area (Å²) < 4.78 is 11.1. The van der Waals surface area contributed by atoms with Gasteiger partial charge in [-0.3, -0.25) is 0 Å². The highest BCUT2D eigenvalue weighted by atomic mass is 35.5. The zero-order valence-corrected chi connectivity index (χ0v) is 8.21. The average molecular weight is 223 g/mol. The summed E-state index contributed by atoms with van der Waals surface area (Å²) in [5, 5.41) is 0.452. The van der Waals surface area contributed by atoms with Crippen LogP contribution in [0.5, 0.6) is 0 Å². The Kier molecular flexibility index (Phi) is 2.16. The summed E-state index contributed by atoms with van der Waals surface area (Å²) in [7, 11) is 0. The van der Waals surface area contributed by atoms with Crippen LogP contribution in [0.4, 0.5) is 0 Å². The molecule has 1 unspecified atom stereocenters. The fourth-order valence-electron chi connectivity index (χ4n) is 1.10. The van der Waals surface area contributed by atoms with Gasteiger partial charge in [-0.05, 0) is 22.8 Å². The number of nitrogens with zero attached hydrogens (tertiary/aromatic N) is 2. The smallest absolute Gasteiger partial charge is 0.224 e. The van der Waals surface area contributed by atoms with Crippen LogP contribution >= 0.6 is 23.2 Å². The van der Waals surface area contributed by atoms with E-state index in [1.807, 2.05) is 0 Å². The summed E-state index contributed by atoms with van der Waals surface area (Å²) in [5.41, 5.74) is 1.50. The van der Waals surface area contributed by atoms with Crippen molar-refractivity contribution in [3.63, 3.8) is 0 Å². The SMILES string of the molecule is [O-][S+]1Cc2nc(Cl)nc(Cl)c2C1. The average Bonchev–Trinajstić information content (AvgIpc) is 2.29. The molecule has 1 atom stereocenters. The Bertz CT molecular complexity index is 334. The highest BCUT2D eigenvalue weighted by Crippen LogP contribution is 2.29. The van der Waals surface area contributed by atoms with Crippen LogP contribution < -0.4 is 0 Å². The van der Waals surface area contributed by atoms with Gasteiger partial charge in [-0.15, -0.1) is 0 Å². The molecular formula is C6H4Cl2N2OS. The lowest BCUT2D eigenvalue weighted by molar-refractivity contribution is 0.596. The molecule has 0 saturated heterocycles. The summed E-state index contributed by atoms with van der Waals surface area (Å²) in [5.74, 6) is 0.891. The number of hydrogen-bond acceptors (Lipinski definition) is 3. The largest absolute Gasteiger partial charge is 0.616 e. The van der Waals surface area contributed by atoms with Crippen LogP contribution in [0.1, 0.15) is 11.3 Å². The fourth-order valence-corrected chi connectivity index (χ4v) is 2.93. The molecule has 3 nitrogen and oxygen atoms in total. The highest BCUT2D eigenvalue weighted by Gasteiger charge is 2.27. The van der Waals surface area contributed by atoms with E-state index in [0.29, 0.717) is 16.7 Å². The lowest BCUT2D eigenvalue weighted by Gasteiger charge is -1.97. The number of aromatic nitrogens is 2. The summed E-state index contributed by atoms with van der Waals surface area (Å²) in [6, 6.07) is 0. The first kappa shape index (κ1) is 8.56. The van der Waals surface area contributed by atoms with Gasteiger partial charge in [-0.25, -0.2) is 9.97 Å². The van der Waals surface area contributed by atoms with Gasteiger partial charge in [-0.1, -0.05) is 11.6 Å². The van der Waals surface area contributed by atoms with E-state index in [0.717, 1.165) is 11.3 Å². The fraction of sp³-hybridized carbons (Fsp3) is 0.333. The standard InChI is InChI=1S/C6H4Cl2N2OS/c7-5-3-1-12(11)2-4(3)9-6(8)10-5/h1-2H2. The number of halogens is 2. The maximum atomic E-state index is 11.1. The van der Waals surface area contributed by atoms with Crippen molar-refractivity contribution in [1.82, 2.24) is 9.97 Å². The van der Waals surface area contributed by atoms with E-state index in [2.05, 4.69) is 9.97 Å². The Morgan fingerprint density at radius 3 is 2.75 bits per heavy atom. The summed E-state index contributed by atoms with van der Waals surface area (Å²) in [6.45, 7) is 0. The van der Waals surface area contributed by atoms with Gasteiger partial charge in [0.1, 0.15) is 22.4 Å². The number of hydrogen-bond donors (Lipinski definition) is 0. The second-order valence-electron chi connectivity index (χ2n) is 2.44. The van der Waals surface area contributed by atoms with E-state index in [9.17, 15) is 4.55 Å². The van der Waals surface area contributed by atoms with Gasteiger partial charge < -0.3 is 4.55 Å². The molecule has 0 fully saturated rings. The predicted octanol–water partition coefficient (Wildman–Crippen LogP) is 1.55. The molecular weight excluding hydrogens is 219 g/mol. The molecule has 0 bridgehead atoms. The molecule has 2 heterocycles. The van der Waals surface area contributed by atoms with Gasteiger partial charge in [0.2, 0.25) is 5.28 Å². The van der Waals surface area contributed by atoms with Crippen LogP contribution in [-0.4, -0.2) is 14.5 Å². The van der Waals surface area contributed by atoms with Crippen LogP contribution in [0.2, 0.25) is 10.4 Å². The molecule has 64 valence electrons. The van der Waals surface area contributed by atoms with Crippen molar-refractivity contribution in [3.8, 4) is 0 Å². The molecule has 6 heteroatoms.